The number of carbonyl (C=O) groups excluding carboxylic acids is 1. The number of benzene rings is 1. The van der Waals surface area contributed by atoms with Gasteiger partial charge in [-0.1, -0.05) is 11.6 Å². The molecular weight excluding hydrogens is 330 g/mol. The number of fused-ring (bicyclic) bond motifs is 3. The number of carbonyl (C=O) groups is 1. The molecule has 0 spiro atoms. The highest BCUT2D eigenvalue weighted by atomic mass is 35.5. The van der Waals surface area contributed by atoms with Gasteiger partial charge in [-0.05, 0) is 25.1 Å². The van der Waals surface area contributed by atoms with Crippen LogP contribution in [0.4, 0.5) is 0 Å². The van der Waals surface area contributed by atoms with Crippen LogP contribution in [0, 0.1) is 12.8 Å². The smallest absolute Gasteiger partial charge is 0.171 e. The summed E-state index contributed by atoms with van der Waals surface area (Å²) >= 11 is 7.90. The maximum Gasteiger partial charge on any atom is 0.171 e. The van der Waals surface area contributed by atoms with Gasteiger partial charge in [-0.25, -0.2) is 4.98 Å². The second-order valence-corrected chi connectivity index (χ2v) is 7.34. The predicted octanol–water partition coefficient (Wildman–Crippen LogP) is 3.94. The van der Waals surface area contributed by atoms with Crippen LogP contribution < -0.4 is 0 Å². The lowest BCUT2D eigenvalue weighted by molar-refractivity contribution is 0.0916. The highest BCUT2D eigenvalue weighted by molar-refractivity contribution is 7.99. The lowest BCUT2D eigenvalue weighted by Gasteiger charge is -2.22. The minimum absolute atomic E-state index is 0.0371. The number of imidazole rings is 1. The lowest BCUT2D eigenvalue weighted by Crippen LogP contribution is -2.27. The number of Topliss-reactive ketones (excluding diaryl/α,β-unsaturated/α-hetero) is 1. The van der Waals surface area contributed by atoms with E-state index in [9.17, 15) is 4.79 Å². The standard InChI is InChI=1S/C17H16ClN3OS/c1-10-19-5-6-21(10)8-11-9-23-17-15(16(11)22)13-7-12(18)3-4-14(13)20(17)2/h3-7,11H,8-9H2,1-2H3. The summed E-state index contributed by atoms with van der Waals surface area (Å²) in [5.41, 5.74) is 1.88. The van der Waals surface area contributed by atoms with E-state index < -0.39 is 0 Å². The SMILES string of the molecule is Cc1nccn1CC1CSc2c(c3cc(Cl)ccc3n2C)C1=O. The highest BCUT2D eigenvalue weighted by Crippen LogP contribution is 2.40. The van der Waals surface area contributed by atoms with Gasteiger partial charge < -0.3 is 9.13 Å². The Bertz CT molecular complexity index is 927. The van der Waals surface area contributed by atoms with Gasteiger partial charge in [0.25, 0.3) is 0 Å². The molecule has 6 heteroatoms. The molecule has 23 heavy (non-hydrogen) atoms. The van der Waals surface area contributed by atoms with E-state index in [2.05, 4.69) is 9.55 Å². The molecule has 3 aromatic rings. The fraction of sp³-hybridized carbons (Fsp3) is 0.294. The van der Waals surface area contributed by atoms with Crippen molar-refractivity contribution in [3.8, 4) is 0 Å². The van der Waals surface area contributed by atoms with E-state index in [-0.39, 0.29) is 11.7 Å². The van der Waals surface area contributed by atoms with Gasteiger partial charge in [0.2, 0.25) is 0 Å². The van der Waals surface area contributed by atoms with Gasteiger partial charge in [0, 0.05) is 53.6 Å². The third kappa shape index (κ3) is 2.30. The van der Waals surface area contributed by atoms with Crippen molar-refractivity contribution >= 4 is 40.0 Å². The zero-order valence-electron chi connectivity index (χ0n) is 12.9. The molecule has 0 aliphatic carbocycles. The van der Waals surface area contributed by atoms with Crippen molar-refractivity contribution in [2.24, 2.45) is 13.0 Å². The molecule has 0 saturated carbocycles. The Kier molecular flexibility index (Phi) is 3.50. The molecule has 0 fully saturated rings. The van der Waals surface area contributed by atoms with Crippen molar-refractivity contribution in [3.63, 3.8) is 0 Å². The third-order valence-corrected chi connectivity index (χ3v) is 6.04. The minimum Gasteiger partial charge on any atom is -0.338 e. The monoisotopic (exact) mass is 345 g/mol. The lowest BCUT2D eigenvalue weighted by atomic mass is 9.98. The third-order valence-electron chi connectivity index (χ3n) is 4.49. The molecule has 4 rings (SSSR count). The summed E-state index contributed by atoms with van der Waals surface area (Å²) in [7, 11) is 2.01. The summed E-state index contributed by atoms with van der Waals surface area (Å²) in [4.78, 5) is 17.3. The minimum atomic E-state index is -0.0371. The van der Waals surface area contributed by atoms with Crippen LogP contribution in [0.25, 0.3) is 10.9 Å². The van der Waals surface area contributed by atoms with Gasteiger partial charge in [-0.15, -0.1) is 11.8 Å². The molecule has 1 aliphatic heterocycles. The van der Waals surface area contributed by atoms with Gasteiger partial charge in [0.05, 0.1) is 10.6 Å². The summed E-state index contributed by atoms with van der Waals surface area (Å²) in [6.07, 6.45) is 3.71. The average Bonchev–Trinajstić information content (AvgIpc) is 3.05. The Balaban J connectivity index is 1.79. The molecule has 0 radical (unpaired) electrons. The van der Waals surface area contributed by atoms with Gasteiger partial charge in [-0.2, -0.15) is 0 Å². The number of halogens is 1. The van der Waals surface area contributed by atoms with Crippen molar-refractivity contribution in [3.05, 3.63) is 47.0 Å². The molecule has 3 heterocycles. The van der Waals surface area contributed by atoms with Crippen molar-refractivity contribution in [1.82, 2.24) is 14.1 Å². The second kappa shape index (κ2) is 5.42. The van der Waals surface area contributed by atoms with E-state index in [1.165, 1.54) is 0 Å². The maximum absolute atomic E-state index is 13.1. The maximum atomic E-state index is 13.1. The Hall–Kier alpha value is -1.72. The van der Waals surface area contributed by atoms with E-state index in [0.717, 1.165) is 33.1 Å². The molecule has 0 amide bonds. The number of hydrogen-bond donors (Lipinski definition) is 0. The largest absolute Gasteiger partial charge is 0.338 e. The van der Waals surface area contributed by atoms with Crippen LogP contribution in [-0.2, 0) is 13.6 Å². The van der Waals surface area contributed by atoms with E-state index in [1.807, 2.05) is 42.9 Å². The highest BCUT2D eigenvalue weighted by Gasteiger charge is 2.33. The summed E-state index contributed by atoms with van der Waals surface area (Å²) < 4.78 is 4.15. The van der Waals surface area contributed by atoms with E-state index in [0.29, 0.717) is 11.6 Å². The Labute approximate surface area is 143 Å². The normalized spacial score (nSPS) is 17.7. The number of aromatic nitrogens is 3. The first kappa shape index (κ1) is 14.8. The van der Waals surface area contributed by atoms with Crippen LogP contribution in [0.3, 0.4) is 0 Å². The van der Waals surface area contributed by atoms with Gasteiger partial charge >= 0.3 is 0 Å². The fourth-order valence-corrected chi connectivity index (χ4v) is 4.66. The summed E-state index contributed by atoms with van der Waals surface area (Å²) in [5, 5.41) is 2.67. The Morgan fingerprint density at radius 2 is 2.26 bits per heavy atom. The van der Waals surface area contributed by atoms with Crippen LogP contribution >= 0.6 is 23.4 Å². The second-order valence-electron chi connectivity index (χ2n) is 5.90. The number of thioether (sulfide) groups is 1. The molecule has 0 bridgehead atoms. The number of nitrogens with zero attached hydrogens (tertiary/aromatic N) is 3. The van der Waals surface area contributed by atoms with Gasteiger partial charge in [-0.3, -0.25) is 4.79 Å². The topological polar surface area (TPSA) is 39.8 Å². The van der Waals surface area contributed by atoms with Crippen LogP contribution in [0.1, 0.15) is 16.2 Å². The van der Waals surface area contributed by atoms with Gasteiger partial charge in [0.1, 0.15) is 5.82 Å². The van der Waals surface area contributed by atoms with E-state index in [1.54, 1.807) is 18.0 Å². The van der Waals surface area contributed by atoms with E-state index in [4.69, 9.17) is 11.6 Å². The fourth-order valence-electron chi connectivity index (χ4n) is 3.23. The van der Waals surface area contributed by atoms with Gasteiger partial charge in [0.15, 0.2) is 5.78 Å². The predicted molar refractivity (Wildman–Crippen MR) is 93.4 cm³/mol. The molecule has 1 unspecified atom stereocenters. The molecule has 4 nitrogen and oxygen atoms in total. The first-order valence-electron chi connectivity index (χ1n) is 7.49. The molecule has 0 saturated heterocycles. The van der Waals surface area contributed by atoms with Crippen LogP contribution in [0.2, 0.25) is 5.02 Å². The summed E-state index contributed by atoms with van der Waals surface area (Å²) in [6, 6.07) is 5.76. The van der Waals surface area contributed by atoms with E-state index >= 15 is 0 Å². The molecule has 1 aliphatic rings. The molecule has 0 N–H and O–H groups in total. The van der Waals surface area contributed by atoms with Crippen LogP contribution in [0.5, 0.6) is 0 Å². The van der Waals surface area contributed by atoms with Crippen LogP contribution in [0.15, 0.2) is 35.6 Å². The molecular formula is C17H16ClN3OS. The Morgan fingerprint density at radius 1 is 1.43 bits per heavy atom. The molecule has 118 valence electrons. The number of aryl methyl sites for hydroxylation is 2. The first-order valence-corrected chi connectivity index (χ1v) is 8.85. The molecule has 1 atom stereocenters. The zero-order chi connectivity index (χ0) is 16.1. The number of ketones is 1. The van der Waals surface area contributed by atoms with Crippen LogP contribution in [-0.4, -0.2) is 25.7 Å². The average molecular weight is 346 g/mol. The summed E-state index contributed by atoms with van der Waals surface area (Å²) in [6.45, 7) is 2.64. The first-order chi connectivity index (χ1) is 11.1. The van der Waals surface area contributed by atoms with Crippen molar-refractivity contribution in [2.45, 2.75) is 18.5 Å². The zero-order valence-corrected chi connectivity index (χ0v) is 14.5. The molecule has 2 aromatic heterocycles. The van der Waals surface area contributed by atoms with Crippen molar-refractivity contribution in [2.75, 3.05) is 5.75 Å². The Morgan fingerprint density at radius 3 is 3.00 bits per heavy atom. The summed E-state index contributed by atoms with van der Waals surface area (Å²) in [5.74, 6) is 1.90. The quantitative estimate of drug-likeness (QED) is 0.706. The van der Waals surface area contributed by atoms with Crippen molar-refractivity contribution < 1.29 is 4.79 Å². The number of rotatable bonds is 2. The van der Waals surface area contributed by atoms with Crippen molar-refractivity contribution in [1.29, 1.82) is 0 Å². The number of hydrogen-bond acceptors (Lipinski definition) is 3. The molecule has 1 aromatic carbocycles.